The average Bonchev–Trinajstić information content (AvgIpc) is 3.11. The Labute approximate surface area is 156 Å². The van der Waals surface area contributed by atoms with Crippen molar-refractivity contribution in [1.82, 2.24) is 9.80 Å². The van der Waals surface area contributed by atoms with Crippen molar-refractivity contribution in [2.75, 3.05) is 20.6 Å². The van der Waals surface area contributed by atoms with E-state index < -0.39 is 6.10 Å². The molecule has 1 unspecified atom stereocenters. The number of nitrogens with zero attached hydrogens (tertiary/aromatic N) is 3. The third-order valence-corrected chi connectivity index (χ3v) is 4.31. The molecule has 1 aliphatic heterocycles. The maximum atomic E-state index is 14.0. The Balaban J connectivity index is 1.71. The van der Waals surface area contributed by atoms with E-state index in [0.717, 1.165) is 0 Å². The summed E-state index contributed by atoms with van der Waals surface area (Å²) < 4.78 is 28.0. The molecule has 0 saturated heterocycles. The number of rotatable bonds is 5. The van der Waals surface area contributed by atoms with Crippen molar-refractivity contribution in [3.63, 3.8) is 0 Å². The predicted octanol–water partition coefficient (Wildman–Crippen LogP) is 3.64. The van der Waals surface area contributed by atoms with Crippen LogP contribution in [-0.4, -0.2) is 48.3 Å². The molecule has 3 rings (SSSR count). The maximum Gasteiger partial charge on any atom is 0.319 e. The van der Waals surface area contributed by atoms with Crippen molar-refractivity contribution in [3.8, 4) is 0 Å². The topological polar surface area (TPSA) is 45.1 Å². The van der Waals surface area contributed by atoms with Gasteiger partial charge in [-0.05, 0) is 12.1 Å². The number of carbonyl (C=O) groups is 1. The first-order valence-electron chi connectivity index (χ1n) is 8.63. The first kappa shape index (κ1) is 18.8. The van der Waals surface area contributed by atoms with Crippen molar-refractivity contribution in [2.24, 2.45) is 5.16 Å². The molecule has 142 valence electrons. The molecule has 1 aliphatic rings. The molecule has 5 nitrogen and oxygen atoms in total. The number of halogens is 2. The van der Waals surface area contributed by atoms with Gasteiger partial charge in [0.1, 0.15) is 11.6 Å². The van der Waals surface area contributed by atoms with Gasteiger partial charge >= 0.3 is 6.03 Å². The fraction of sp³-hybridized carbons (Fsp3) is 0.300. The highest BCUT2D eigenvalue weighted by atomic mass is 19.1. The Bertz CT molecular complexity index is 855. The van der Waals surface area contributed by atoms with Crippen LogP contribution < -0.4 is 0 Å². The van der Waals surface area contributed by atoms with Crippen molar-refractivity contribution in [2.45, 2.75) is 19.1 Å². The van der Waals surface area contributed by atoms with Crippen LogP contribution in [0, 0.1) is 11.6 Å². The number of amides is 2. The molecule has 0 bridgehead atoms. The summed E-state index contributed by atoms with van der Waals surface area (Å²) in [4.78, 5) is 20.9. The van der Waals surface area contributed by atoms with Crippen LogP contribution in [0.5, 0.6) is 0 Å². The Hall–Kier alpha value is -2.96. The Morgan fingerprint density at radius 1 is 1.11 bits per heavy atom. The van der Waals surface area contributed by atoms with Gasteiger partial charge in [-0.15, -0.1) is 0 Å². The molecule has 0 aromatic heterocycles. The van der Waals surface area contributed by atoms with Gasteiger partial charge < -0.3 is 14.6 Å². The Morgan fingerprint density at radius 2 is 1.78 bits per heavy atom. The van der Waals surface area contributed by atoms with Crippen LogP contribution in [0.25, 0.3) is 0 Å². The van der Waals surface area contributed by atoms with E-state index in [0.29, 0.717) is 23.3 Å². The van der Waals surface area contributed by atoms with E-state index in [9.17, 15) is 13.6 Å². The summed E-state index contributed by atoms with van der Waals surface area (Å²) in [6.45, 7) is 0.325. The van der Waals surface area contributed by atoms with Crippen LogP contribution in [0.3, 0.4) is 0 Å². The van der Waals surface area contributed by atoms with Gasteiger partial charge in [-0.2, -0.15) is 0 Å². The quantitative estimate of drug-likeness (QED) is 0.803. The fourth-order valence-electron chi connectivity index (χ4n) is 2.95. The monoisotopic (exact) mass is 373 g/mol. The average molecular weight is 373 g/mol. The molecule has 0 N–H and O–H groups in total. The number of hydrogen-bond acceptors (Lipinski definition) is 3. The van der Waals surface area contributed by atoms with Crippen molar-refractivity contribution in [1.29, 1.82) is 0 Å². The summed E-state index contributed by atoms with van der Waals surface area (Å²) in [6.07, 6.45) is -0.0506. The van der Waals surface area contributed by atoms with Crippen LogP contribution in [0.4, 0.5) is 13.6 Å². The number of hydrogen-bond donors (Lipinski definition) is 0. The van der Waals surface area contributed by atoms with E-state index in [1.54, 1.807) is 50.5 Å². The zero-order chi connectivity index (χ0) is 19.4. The normalized spacial score (nSPS) is 15.9. The standard InChI is InChI=1S/C20H21F2N3O2/c1-24(2)20(26)25(12-14-7-3-5-9-17(14)21)13-15-11-19(23-27-15)16-8-4-6-10-18(16)22/h3-10,15H,11-13H2,1-2H3. The molecule has 2 aromatic rings. The second-order valence-corrected chi connectivity index (χ2v) is 6.60. The van der Waals surface area contributed by atoms with Crippen molar-refractivity contribution in [3.05, 3.63) is 71.3 Å². The Kier molecular flexibility index (Phi) is 5.69. The lowest BCUT2D eigenvalue weighted by Gasteiger charge is -2.28. The van der Waals surface area contributed by atoms with Gasteiger partial charge in [-0.3, -0.25) is 0 Å². The molecular formula is C20H21F2N3O2. The molecular weight excluding hydrogens is 352 g/mol. The molecule has 0 radical (unpaired) electrons. The van der Waals surface area contributed by atoms with Gasteiger partial charge in [-0.1, -0.05) is 41.6 Å². The lowest BCUT2D eigenvalue weighted by atomic mass is 10.0. The third kappa shape index (κ3) is 4.42. The zero-order valence-corrected chi connectivity index (χ0v) is 15.2. The van der Waals surface area contributed by atoms with E-state index >= 15 is 0 Å². The fourth-order valence-corrected chi connectivity index (χ4v) is 2.95. The number of oxime groups is 1. The molecule has 0 spiro atoms. The van der Waals surface area contributed by atoms with Crippen molar-refractivity contribution < 1.29 is 18.4 Å². The molecule has 0 fully saturated rings. The third-order valence-electron chi connectivity index (χ3n) is 4.31. The lowest BCUT2D eigenvalue weighted by molar-refractivity contribution is 0.0548. The molecule has 2 aromatic carbocycles. The van der Waals surface area contributed by atoms with Crippen LogP contribution in [-0.2, 0) is 11.4 Å². The zero-order valence-electron chi connectivity index (χ0n) is 15.2. The van der Waals surface area contributed by atoms with E-state index in [1.165, 1.54) is 21.9 Å². The highest BCUT2D eigenvalue weighted by Gasteiger charge is 2.28. The van der Waals surface area contributed by atoms with Gasteiger partial charge in [0, 0.05) is 31.6 Å². The second kappa shape index (κ2) is 8.16. The molecule has 0 saturated carbocycles. The molecule has 1 atom stereocenters. The number of urea groups is 1. The van der Waals surface area contributed by atoms with Crippen LogP contribution in [0.1, 0.15) is 17.5 Å². The summed E-state index contributed by atoms with van der Waals surface area (Å²) in [5, 5.41) is 3.98. The maximum absolute atomic E-state index is 14.0. The van der Waals surface area contributed by atoms with Crippen LogP contribution >= 0.6 is 0 Å². The SMILES string of the molecule is CN(C)C(=O)N(Cc1ccccc1F)CC1CC(c2ccccc2F)=NO1. The molecule has 7 heteroatoms. The van der Waals surface area contributed by atoms with E-state index in [1.807, 2.05) is 0 Å². The summed E-state index contributed by atoms with van der Waals surface area (Å²) in [5.41, 5.74) is 1.31. The number of carbonyl (C=O) groups excluding carboxylic acids is 1. The van der Waals surface area contributed by atoms with E-state index in [-0.39, 0.29) is 30.8 Å². The van der Waals surface area contributed by atoms with Gasteiger partial charge in [0.25, 0.3) is 0 Å². The molecule has 0 aliphatic carbocycles. The Morgan fingerprint density at radius 3 is 2.44 bits per heavy atom. The minimum absolute atomic E-state index is 0.110. The number of benzene rings is 2. The summed E-state index contributed by atoms with van der Waals surface area (Å²) in [7, 11) is 3.26. The second-order valence-electron chi connectivity index (χ2n) is 6.60. The molecule has 27 heavy (non-hydrogen) atoms. The van der Waals surface area contributed by atoms with Crippen molar-refractivity contribution >= 4 is 11.7 Å². The van der Waals surface area contributed by atoms with Gasteiger partial charge in [0.2, 0.25) is 0 Å². The molecule has 2 amide bonds. The minimum atomic E-state index is -0.421. The largest absolute Gasteiger partial charge is 0.390 e. The lowest BCUT2D eigenvalue weighted by Crippen LogP contribution is -2.43. The smallest absolute Gasteiger partial charge is 0.319 e. The summed E-state index contributed by atoms with van der Waals surface area (Å²) in [5.74, 6) is -0.738. The molecule has 1 heterocycles. The minimum Gasteiger partial charge on any atom is -0.390 e. The summed E-state index contributed by atoms with van der Waals surface area (Å²) in [6, 6.07) is 12.4. The first-order chi connectivity index (χ1) is 13.0. The van der Waals surface area contributed by atoms with Crippen LogP contribution in [0.2, 0.25) is 0 Å². The van der Waals surface area contributed by atoms with Crippen LogP contribution in [0.15, 0.2) is 53.7 Å². The van der Waals surface area contributed by atoms with Gasteiger partial charge in [0.05, 0.1) is 18.8 Å². The highest BCUT2D eigenvalue weighted by Crippen LogP contribution is 2.21. The first-order valence-corrected chi connectivity index (χ1v) is 8.63. The van der Waals surface area contributed by atoms with Gasteiger partial charge in [-0.25, -0.2) is 13.6 Å². The van der Waals surface area contributed by atoms with E-state index in [2.05, 4.69) is 5.16 Å². The van der Waals surface area contributed by atoms with E-state index in [4.69, 9.17) is 4.84 Å². The predicted molar refractivity (Wildman–Crippen MR) is 98.3 cm³/mol. The highest BCUT2D eigenvalue weighted by molar-refractivity contribution is 6.01. The van der Waals surface area contributed by atoms with Gasteiger partial charge in [0.15, 0.2) is 6.10 Å². The summed E-state index contributed by atoms with van der Waals surface area (Å²) >= 11 is 0.